The SMILES string of the molecule is O=C(C1=CC=COC1)C1=CC=COC1. The molecule has 0 N–H and O–H groups in total. The summed E-state index contributed by atoms with van der Waals surface area (Å²) in [5.41, 5.74) is 1.33. The zero-order valence-electron chi connectivity index (χ0n) is 7.60. The second-order valence-electron chi connectivity index (χ2n) is 2.99. The minimum absolute atomic E-state index is 0.00120. The Morgan fingerprint density at radius 2 is 1.50 bits per heavy atom. The first-order valence-electron chi connectivity index (χ1n) is 4.37. The molecule has 0 bridgehead atoms. The zero-order chi connectivity index (χ0) is 9.80. The van der Waals surface area contributed by atoms with Crippen molar-refractivity contribution in [3.63, 3.8) is 0 Å². The van der Waals surface area contributed by atoms with Crippen LogP contribution in [0.15, 0.2) is 48.0 Å². The number of ketones is 1. The van der Waals surface area contributed by atoms with E-state index < -0.39 is 0 Å². The summed E-state index contributed by atoms with van der Waals surface area (Å²) in [6.45, 7) is 0.687. The fourth-order valence-corrected chi connectivity index (χ4v) is 1.28. The normalized spacial score (nSPS) is 19.1. The van der Waals surface area contributed by atoms with E-state index in [2.05, 4.69) is 0 Å². The maximum atomic E-state index is 11.8. The molecule has 0 aromatic rings. The molecule has 2 aliphatic heterocycles. The molecule has 0 aromatic heterocycles. The number of rotatable bonds is 2. The molecule has 0 fully saturated rings. The second-order valence-corrected chi connectivity index (χ2v) is 2.99. The number of allylic oxidation sites excluding steroid dienone is 4. The highest BCUT2D eigenvalue weighted by Crippen LogP contribution is 2.13. The van der Waals surface area contributed by atoms with Crippen LogP contribution in [0.3, 0.4) is 0 Å². The quantitative estimate of drug-likeness (QED) is 0.661. The third-order valence-corrected chi connectivity index (χ3v) is 2.01. The lowest BCUT2D eigenvalue weighted by Gasteiger charge is -2.13. The molecule has 0 aliphatic carbocycles. The van der Waals surface area contributed by atoms with E-state index in [0.717, 1.165) is 0 Å². The van der Waals surface area contributed by atoms with Gasteiger partial charge >= 0.3 is 0 Å². The van der Waals surface area contributed by atoms with Crippen LogP contribution in [0, 0.1) is 0 Å². The van der Waals surface area contributed by atoms with Gasteiger partial charge in [0.2, 0.25) is 0 Å². The van der Waals surface area contributed by atoms with Crippen molar-refractivity contribution in [2.75, 3.05) is 13.2 Å². The van der Waals surface area contributed by atoms with Crippen molar-refractivity contribution in [2.24, 2.45) is 0 Å². The van der Waals surface area contributed by atoms with Crippen molar-refractivity contribution in [1.82, 2.24) is 0 Å². The molecule has 0 aromatic carbocycles. The van der Waals surface area contributed by atoms with Crippen LogP contribution in [0.25, 0.3) is 0 Å². The average molecular weight is 190 g/mol. The average Bonchev–Trinajstić information content (AvgIpc) is 2.30. The Kier molecular flexibility index (Phi) is 2.49. The maximum Gasteiger partial charge on any atom is 0.191 e. The molecule has 0 radical (unpaired) electrons. The molecule has 14 heavy (non-hydrogen) atoms. The van der Waals surface area contributed by atoms with Crippen molar-refractivity contribution < 1.29 is 14.3 Å². The lowest BCUT2D eigenvalue weighted by atomic mass is 10.0. The Bertz CT molecular complexity index is 325. The zero-order valence-corrected chi connectivity index (χ0v) is 7.60. The van der Waals surface area contributed by atoms with Crippen LogP contribution in [0.1, 0.15) is 0 Å². The largest absolute Gasteiger partial charge is 0.496 e. The van der Waals surface area contributed by atoms with Gasteiger partial charge in [0.1, 0.15) is 13.2 Å². The van der Waals surface area contributed by atoms with Gasteiger partial charge in [0.05, 0.1) is 12.5 Å². The first kappa shape index (κ1) is 8.81. The molecule has 0 saturated carbocycles. The first-order valence-corrected chi connectivity index (χ1v) is 4.37. The topological polar surface area (TPSA) is 35.5 Å². The van der Waals surface area contributed by atoms with Crippen LogP contribution in [0.4, 0.5) is 0 Å². The molecule has 0 spiro atoms. The highest BCUT2D eigenvalue weighted by Gasteiger charge is 2.16. The van der Waals surface area contributed by atoms with Crippen LogP contribution >= 0.6 is 0 Å². The minimum atomic E-state index is -0.00120. The van der Waals surface area contributed by atoms with Crippen LogP contribution in [-0.4, -0.2) is 19.0 Å². The third kappa shape index (κ3) is 1.76. The molecule has 3 heteroatoms. The predicted molar refractivity (Wildman–Crippen MR) is 51.4 cm³/mol. The van der Waals surface area contributed by atoms with E-state index in [1.807, 2.05) is 0 Å². The monoisotopic (exact) mass is 190 g/mol. The fraction of sp³-hybridized carbons (Fsp3) is 0.182. The van der Waals surface area contributed by atoms with Gasteiger partial charge in [-0.3, -0.25) is 4.79 Å². The number of hydrogen-bond acceptors (Lipinski definition) is 3. The standard InChI is InChI=1S/C11H10O3/c12-11(9-3-1-5-13-7-9)10-4-2-6-14-8-10/h1-6H,7-8H2. The Labute approximate surface area is 82.0 Å². The summed E-state index contributed by atoms with van der Waals surface area (Å²) in [6.07, 6.45) is 10.1. The Balaban J connectivity index is 2.14. The van der Waals surface area contributed by atoms with Crippen LogP contribution in [-0.2, 0) is 14.3 Å². The molecule has 2 aliphatic rings. The molecule has 0 saturated heterocycles. The summed E-state index contributed by atoms with van der Waals surface area (Å²) >= 11 is 0. The van der Waals surface area contributed by atoms with Crippen LogP contribution in [0.5, 0.6) is 0 Å². The molecule has 0 unspecified atom stereocenters. The number of carbonyl (C=O) groups is 1. The summed E-state index contributed by atoms with van der Waals surface area (Å²) in [7, 11) is 0. The molecular formula is C11H10O3. The maximum absolute atomic E-state index is 11.8. The molecule has 3 nitrogen and oxygen atoms in total. The Morgan fingerprint density at radius 1 is 1.00 bits per heavy atom. The molecule has 2 rings (SSSR count). The minimum Gasteiger partial charge on any atom is -0.496 e. The van der Waals surface area contributed by atoms with Gasteiger partial charge in [0.25, 0.3) is 0 Å². The molecule has 2 heterocycles. The van der Waals surface area contributed by atoms with E-state index in [1.54, 1.807) is 36.8 Å². The van der Waals surface area contributed by atoms with Crippen molar-refractivity contribution in [3.8, 4) is 0 Å². The van der Waals surface area contributed by atoms with Crippen molar-refractivity contribution >= 4 is 5.78 Å². The van der Waals surface area contributed by atoms with E-state index in [-0.39, 0.29) is 5.78 Å². The van der Waals surface area contributed by atoms with Gasteiger partial charge in [-0.2, -0.15) is 0 Å². The third-order valence-electron chi connectivity index (χ3n) is 2.01. The van der Waals surface area contributed by atoms with Gasteiger partial charge in [-0.25, -0.2) is 0 Å². The van der Waals surface area contributed by atoms with Crippen molar-refractivity contribution in [3.05, 3.63) is 48.0 Å². The van der Waals surface area contributed by atoms with Crippen LogP contribution < -0.4 is 0 Å². The van der Waals surface area contributed by atoms with Gasteiger partial charge in [0.15, 0.2) is 5.78 Å². The molecule has 0 atom stereocenters. The van der Waals surface area contributed by atoms with Gasteiger partial charge in [-0.1, -0.05) is 0 Å². The Hall–Kier alpha value is -1.77. The number of hydrogen-bond donors (Lipinski definition) is 0. The molecule has 0 amide bonds. The lowest BCUT2D eigenvalue weighted by molar-refractivity contribution is -0.113. The van der Waals surface area contributed by atoms with Crippen molar-refractivity contribution in [1.29, 1.82) is 0 Å². The lowest BCUT2D eigenvalue weighted by Crippen LogP contribution is -2.15. The number of carbonyl (C=O) groups excluding carboxylic acids is 1. The predicted octanol–water partition coefficient (Wildman–Crippen LogP) is 1.50. The van der Waals surface area contributed by atoms with E-state index >= 15 is 0 Å². The second kappa shape index (κ2) is 3.96. The summed E-state index contributed by atoms with van der Waals surface area (Å²) in [5.74, 6) is -0.00120. The van der Waals surface area contributed by atoms with Gasteiger partial charge in [0, 0.05) is 11.1 Å². The van der Waals surface area contributed by atoms with Crippen LogP contribution in [0.2, 0.25) is 0 Å². The molecule has 72 valence electrons. The van der Waals surface area contributed by atoms with Gasteiger partial charge in [-0.05, 0) is 24.3 Å². The highest BCUT2D eigenvalue weighted by molar-refractivity contribution is 6.09. The Morgan fingerprint density at radius 3 is 1.86 bits per heavy atom. The first-order chi connectivity index (χ1) is 6.88. The van der Waals surface area contributed by atoms with Gasteiger partial charge < -0.3 is 9.47 Å². The summed E-state index contributed by atoms with van der Waals surface area (Å²) in [4.78, 5) is 11.8. The van der Waals surface area contributed by atoms with Gasteiger partial charge in [-0.15, -0.1) is 0 Å². The van der Waals surface area contributed by atoms with E-state index in [9.17, 15) is 4.79 Å². The summed E-state index contributed by atoms with van der Waals surface area (Å²) < 4.78 is 10.1. The summed E-state index contributed by atoms with van der Waals surface area (Å²) in [5, 5.41) is 0. The summed E-state index contributed by atoms with van der Waals surface area (Å²) in [6, 6.07) is 0. The molecular weight excluding hydrogens is 180 g/mol. The van der Waals surface area contributed by atoms with E-state index in [1.165, 1.54) is 0 Å². The number of Topliss-reactive ketones (excluding diaryl/α,β-unsaturated/α-hetero) is 1. The van der Waals surface area contributed by atoms with E-state index in [4.69, 9.17) is 9.47 Å². The van der Waals surface area contributed by atoms with E-state index in [0.29, 0.717) is 24.4 Å². The fourth-order valence-electron chi connectivity index (χ4n) is 1.28. The van der Waals surface area contributed by atoms with Crippen molar-refractivity contribution in [2.45, 2.75) is 0 Å². The smallest absolute Gasteiger partial charge is 0.191 e. The number of ether oxygens (including phenoxy) is 2. The highest BCUT2D eigenvalue weighted by atomic mass is 16.5.